The fraction of sp³-hybridized carbons (Fsp3) is 0.429. The second-order valence-corrected chi connectivity index (χ2v) is 4.87. The van der Waals surface area contributed by atoms with Crippen molar-refractivity contribution in [1.29, 1.82) is 0 Å². The Hall–Kier alpha value is -1.69. The number of carbonyl (C=O) groups is 1. The van der Waals surface area contributed by atoms with E-state index in [0.29, 0.717) is 24.3 Å². The summed E-state index contributed by atoms with van der Waals surface area (Å²) in [4.78, 5) is 14.0. The third-order valence-electron chi connectivity index (χ3n) is 3.06. The number of hydrogen-bond donors (Lipinski definition) is 2. The molecule has 3 N–H and O–H groups in total. The van der Waals surface area contributed by atoms with E-state index < -0.39 is 11.9 Å². The summed E-state index contributed by atoms with van der Waals surface area (Å²) in [5.74, 6) is -0.436. The van der Waals surface area contributed by atoms with Crippen molar-refractivity contribution in [2.24, 2.45) is 5.73 Å². The van der Waals surface area contributed by atoms with Crippen molar-refractivity contribution in [2.75, 3.05) is 18.4 Å². The van der Waals surface area contributed by atoms with Crippen molar-refractivity contribution < 1.29 is 9.18 Å². The Kier molecular flexibility index (Phi) is 5.88. The maximum atomic E-state index is 13.2. The Balaban J connectivity index is 2.93. The summed E-state index contributed by atoms with van der Waals surface area (Å²) in [5, 5.41) is 3.04. The molecule has 1 unspecified atom stereocenters. The number of anilines is 1. The fourth-order valence-corrected chi connectivity index (χ4v) is 2.12. The Bertz CT molecular complexity index is 503. The molecule has 0 saturated carbocycles. The molecule has 20 heavy (non-hydrogen) atoms. The number of hydrogen-bond acceptors (Lipinski definition) is 3. The van der Waals surface area contributed by atoms with Crippen LogP contribution in [0.25, 0.3) is 0 Å². The number of rotatable bonds is 6. The van der Waals surface area contributed by atoms with Crippen LogP contribution < -0.4 is 11.1 Å². The topological polar surface area (TPSA) is 58.4 Å². The first-order valence-corrected chi connectivity index (χ1v) is 6.96. The second kappa shape index (κ2) is 7.19. The normalized spacial score (nSPS) is 11.8. The van der Waals surface area contributed by atoms with Crippen LogP contribution in [0.1, 0.15) is 26.3 Å². The van der Waals surface area contributed by atoms with Crippen LogP contribution in [0.4, 0.5) is 10.1 Å². The molecule has 0 heterocycles. The van der Waals surface area contributed by atoms with Crippen LogP contribution in [-0.4, -0.2) is 34.9 Å². The van der Waals surface area contributed by atoms with Gasteiger partial charge < -0.3 is 16.0 Å². The van der Waals surface area contributed by atoms with E-state index in [2.05, 4.69) is 5.32 Å². The fourth-order valence-electron chi connectivity index (χ4n) is 1.95. The summed E-state index contributed by atoms with van der Waals surface area (Å²) in [7, 11) is 0. The number of benzene rings is 1. The predicted octanol–water partition coefficient (Wildman–Crippen LogP) is 2.13. The molecular formula is C14H20FN3OS. The van der Waals surface area contributed by atoms with Crippen LogP contribution in [0.2, 0.25) is 0 Å². The maximum absolute atomic E-state index is 13.2. The highest BCUT2D eigenvalue weighted by atomic mass is 32.1. The molecular weight excluding hydrogens is 277 g/mol. The van der Waals surface area contributed by atoms with Gasteiger partial charge in [-0.05, 0) is 39.0 Å². The summed E-state index contributed by atoms with van der Waals surface area (Å²) in [6, 6.07) is 3.67. The number of nitrogens with one attached hydrogen (secondary N) is 1. The average Bonchev–Trinajstić information content (AvgIpc) is 2.41. The van der Waals surface area contributed by atoms with Crippen LogP contribution in [0.5, 0.6) is 0 Å². The Labute approximate surface area is 124 Å². The third-order valence-corrected chi connectivity index (χ3v) is 3.28. The summed E-state index contributed by atoms with van der Waals surface area (Å²) < 4.78 is 13.2. The number of nitrogens with two attached hydrogens (primary N) is 1. The Morgan fingerprint density at radius 1 is 1.45 bits per heavy atom. The summed E-state index contributed by atoms with van der Waals surface area (Å²) in [6.45, 7) is 6.89. The zero-order valence-corrected chi connectivity index (χ0v) is 12.8. The van der Waals surface area contributed by atoms with Gasteiger partial charge >= 0.3 is 0 Å². The van der Waals surface area contributed by atoms with E-state index in [1.54, 1.807) is 11.8 Å². The molecule has 4 nitrogen and oxygen atoms in total. The zero-order chi connectivity index (χ0) is 15.3. The van der Waals surface area contributed by atoms with E-state index in [1.165, 1.54) is 18.2 Å². The molecule has 0 aliphatic heterocycles. The van der Waals surface area contributed by atoms with Gasteiger partial charge in [-0.2, -0.15) is 0 Å². The van der Waals surface area contributed by atoms with Gasteiger partial charge in [0.15, 0.2) is 0 Å². The van der Waals surface area contributed by atoms with Gasteiger partial charge in [0.25, 0.3) is 0 Å². The smallest absolute Gasteiger partial charge is 0.244 e. The summed E-state index contributed by atoms with van der Waals surface area (Å²) >= 11 is 4.90. The lowest BCUT2D eigenvalue weighted by molar-refractivity contribution is -0.131. The van der Waals surface area contributed by atoms with Gasteiger partial charge in [0.2, 0.25) is 5.91 Å². The standard InChI is InChI=1S/C14H20FN3OS/c1-4-18(5-2)14(19)9(3)17-12-7-6-10(15)8-11(12)13(16)20/h6-9,17H,4-5H2,1-3H3,(H2,16,20). The molecule has 1 aromatic rings. The Morgan fingerprint density at radius 3 is 2.55 bits per heavy atom. The largest absolute Gasteiger partial charge is 0.389 e. The number of carbonyl (C=O) groups excluding carboxylic acids is 1. The zero-order valence-electron chi connectivity index (χ0n) is 11.9. The second-order valence-electron chi connectivity index (χ2n) is 4.43. The summed E-state index contributed by atoms with van der Waals surface area (Å²) in [6.07, 6.45) is 0. The van der Waals surface area contributed by atoms with Crippen LogP contribution >= 0.6 is 12.2 Å². The molecule has 1 aromatic carbocycles. The lowest BCUT2D eigenvalue weighted by Gasteiger charge is -2.24. The quantitative estimate of drug-likeness (QED) is 0.790. The number of nitrogens with zero attached hydrogens (tertiary/aromatic N) is 1. The lowest BCUT2D eigenvalue weighted by atomic mass is 10.1. The van der Waals surface area contributed by atoms with E-state index in [4.69, 9.17) is 18.0 Å². The van der Waals surface area contributed by atoms with Crippen molar-refractivity contribution in [1.82, 2.24) is 4.90 Å². The van der Waals surface area contributed by atoms with Gasteiger partial charge in [-0.3, -0.25) is 4.79 Å². The van der Waals surface area contributed by atoms with Crippen LogP contribution in [0.3, 0.4) is 0 Å². The molecule has 0 saturated heterocycles. The SMILES string of the molecule is CCN(CC)C(=O)C(C)Nc1ccc(F)cc1C(N)=S. The van der Waals surface area contributed by atoms with Crippen molar-refractivity contribution in [3.05, 3.63) is 29.6 Å². The van der Waals surface area contributed by atoms with E-state index in [-0.39, 0.29) is 10.9 Å². The van der Waals surface area contributed by atoms with Crippen molar-refractivity contribution in [2.45, 2.75) is 26.8 Å². The van der Waals surface area contributed by atoms with E-state index in [1.807, 2.05) is 13.8 Å². The molecule has 1 amide bonds. The molecule has 0 fully saturated rings. The number of amides is 1. The maximum Gasteiger partial charge on any atom is 0.244 e. The van der Waals surface area contributed by atoms with Gasteiger partial charge in [0.05, 0.1) is 0 Å². The van der Waals surface area contributed by atoms with Crippen molar-refractivity contribution in [3.8, 4) is 0 Å². The van der Waals surface area contributed by atoms with Gasteiger partial charge in [0.1, 0.15) is 16.8 Å². The molecule has 0 radical (unpaired) electrons. The predicted molar refractivity (Wildman–Crippen MR) is 83.3 cm³/mol. The minimum atomic E-state index is -0.437. The molecule has 110 valence electrons. The molecule has 1 rings (SSSR count). The van der Waals surface area contributed by atoms with Crippen molar-refractivity contribution in [3.63, 3.8) is 0 Å². The highest BCUT2D eigenvalue weighted by Gasteiger charge is 2.19. The minimum absolute atomic E-state index is 0.0202. The minimum Gasteiger partial charge on any atom is -0.389 e. The molecule has 0 spiro atoms. The summed E-state index contributed by atoms with van der Waals surface area (Å²) in [5.41, 5.74) is 6.54. The van der Waals surface area contributed by atoms with E-state index >= 15 is 0 Å². The first-order chi connectivity index (χ1) is 9.40. The van der Waals surface area contributed by atoms with Crippen LogP contribution in [0.15, 0.2) is 18.2 Å². The molecule has 0 aliphatic carbocycles. The molecule has 0 aromatic heterocycles. The van der Waals surface area contributed by atoms with Gasteiger partial charge in [-0.25, -0.2) is 4.39 Å². The first-order valence-electron chi connectivity index (χ1n) is 6.55. The number of likely N-dealkylation sites (N-methyl/N-ethyl adjacent to an activating group) is 1. The van der Waals surface area contributed by atoms with Gasteiger partial charge in [-0.15, -0.1) is 0 Å². The van der Waals surface area contributed by atoms with Crippen molar-refractivity contribution >= 4 is 28.8 Å². The van der Waals surface area contributed by atoms with E-state index in [0.717, 1.165) is 0 Å². The number of thiocarbonyl (C=S) groups is 1. The third kappa shape index (κ3) is 3.90. The lowest BCUT2D eigenvalue weighted by Crippen LogP contribution is -2.41. The molecule has 0 bridgehead atoms. The van der Waals surface area contributed by atoms with Crippen LogP contribution in [-0.2, 0) is 4.79 Å². The highest BCUT2D eigenvalue weighted by molar-refractivity contribution is 7.80. The Morgan fingerprint density at radius 2 is 2.05 bits per heavy atom. The molecule has 1 atom stereocenters. The first kappa shape index (κ1) is 16.4. The van der Waals surface area contributed by atoms with Gasteiger partial charge in [0, 0.05) is 24.3 Å². The molecule has 6 heteroatoms. The van der Waals surface area contributed by atoms with E-state index in [9.17, 15) is 9.18 Å². The number of halogens is 1. The van der Waals surface area contributed by atoms with Crippen LogP contribution in [0, 0.1) is 5.82 Å². The molecule has 0 aliphatic rings. The van der Waals surface area contributed by atoms with Gasteiger partial charge in [-0.1, -0.05) is 12.2 Å². The monoisotopic (exact) mass is 297 g/mol. The highest BCUT2D eigenvalue weighted by Crippen LogP contribution is 2.18. The average molecular weight is 297 g/mol.